The maximum atomic E-state index is 12.5. The second-order valence-electron chi connectivity index (χ2n) is 5.30. The number of rotatable bonds is 5. The summed E-state index contributed by atoms with van der Waals surface area (Å²) in [5.41, 5.74) is 1.22. The number of carbonyl (C=O) groups is 1. The van der Waals surface area contributed by atoms with E-state index < -0.39 is 0 Å². The van der Waals surface area contributed by atoms with Gasteiger partial charge in [0.1, 0.15) is 0 Å². The minimum Gasteiger partial charge on any atom is -0.325 e. The van der Waals surface area contributed by atoms with Crippen LogP contribution in [0.5, 0.6) is 0 Å². The van der Waals surface area contributed by atoms with Gasteiger partial charge in [-0.1, -0.05) is 35.5 Å². The van der Waals surface area contributed by atoms with E-state index in [1.54, 1.807) is 41.0 Å². The molecule has 0 spiro atoms. The topological polar surface area (TPSA) is 64.0 Å². The van der Waals surface area contributed by atoms with Gasteiger partial charge < -0.3 is 5.32 Å². The molecular formula is C18H16ClN3O2S. The van der Waals surface area contributed by atoms with Crippen LogP contribution in [-0.4, -0.2) is 21.2 Å². The SMILES string of the molecule is CCn1c(SCC(=O)Nc2ccc(Cl)cc2)nc2ccccc2c1=O. The van der Waals surface area contributed by atoms with Crippen LogP contribution in [0.3, 0.4) is 0 Å². The number of nitrogens with one attached hydrogen (secondary N) is 1. The fraction of sp³-hybridized carbons (Fsp3) is 0.167. The quantitative estimate of drug-likeness (QED) is 0.545. The van der Waals surface area contributed by atoms with Crippen molar-refractivity contribution in [3.05, 3.63) is 63.9 Å². The van der Waals surface area contributed by atoms with E-state index >= 15 is 0 Å². The lowest BCUT2D eigenvalue weighted by atomic mass is 10.2. The van der Waals surface area contributed by atoms with Gasteiger partial charge >= 0.3 is 0 Å². The van der Waals surface area contributed by atoms with E-state index in [0.717, 1.165) is 0 Å². The minimum absolute atomic E-state index is 0.0892. The molecule has 0 atom stereocenters. The van der Waals surface area contributed by atoms with Crippen molar-refractivity contribution in [3.63, 3.8) is 0 Å². The van der Waals surface area contributed by atoms with Gasteiger partial charge in [-0.3, -0.25) is 14.2 Å². The van der Waals surface area contributed by atoms with Crippen LogP contribution in [0, 0.1) is 0 Å². The summed E-state index contributed by atoms with van der Waals surface area (Å²) in [7, 11) is 0. The number of para-hydroxylation sites is 1. The Morgan fingerprint density at radius 2 is 1.92 bits per heavy atom. The molecule has 0 saturated heterocycles. The summed E-state index contributed by atoms with van der Waals surface area (Å²) in [6.45, 7) is 2.38. The van der Waals surface area contributed by atoms with Crippen molar-refractivity contribution in [1.82, 2.24) is 9.55 Å². The smallest absolute Gasteiger partial charge is 0.262 e. The summed E-state index contributed by atoms with van der Waals surface area (Å²) in [5.74, 6) is -0.00896. The first kappa shape index (κ1) is 17.5. The number of hydrogen-bond donors (Lipinski definition) is 1. The second kappa shape index (κ2) is 7.72. The fourth-order valence-corrected chi connectivity index (χ4v) is 3.39. The fourth-order valence-electron chi connectivity index (χ4n) is 2.40. The summed E-state index contributed by atoms with van der Waals surface area (Å²) in [5, 5.41) is 4.53. The Hall–Kier alpha value is -2.31. The Bertz CT molecular complexity index is 970. The number of carbonyl (C=O) groups excluding carboxylic acids is 1. The molecule has 0 aliphatic rings. The lowest BCUT2D eigenvalue weighted by molar-refractivity contribution is -0.113. The zero-order chi connectivity index (χ0) is 17.8. The van der Waals surface area contributed by atoms with Crippen LogP contribution in [0.1, 0.15) is 6.92 Å². The lowest BCUT2D eigenvalue weighted by Crippen LogP contribution is -2.23. The highest BCUT2D eigenvalue weighted by molar-refractivity contribution is 7.99. The van der Waals surface area contributed by atoms with Gasteiger partial charge in [0.15, 0.2) is 5.16 Å². The Kier molecular flexibility index (Phi) is 5.40. The molecule has 7 heteroatoms. The molecule has 0 radical (unpaired) electrons. The van der Waals surface area contributed by atoms with E-state index in [9.17, 15) is 9.59 Å². The molecule has 5 nitrogen and oxygen atoms in total. The van der Waals surface area contributed by atoms with Crippen molar-refractivity contribution >= 4 is 45.9 Å². The van der Waals surface area contributed by atoms with Crippen LogP contribution in [0.2, 0.25) is 5.02 Å². The number of amides is 1. The van der Waals surface area contributed by atoms with E-state index in [0.29, 0.717) is 33.3 Å². The van der Waals surface area contributed by atoms with Crippen molar-refractivity contribution in [2.75, 3.05) is 11.1 Å². The number of aromatic nitrogens is 2. The number of halogens is 1. The first-order valence-electron chi connectivity index (χ1n) is 7.76. The van der Waals surface area contributed by atoms with Crippen LogP contribution in [0.4, 0.5) is 5.69 Å². The largest absolute Gasteiger partial charge is 0.325 e. The molecule has 3 rings (SSSR count). The van der Waals surface area contributed by atoms with Gasteiger partial charge in [-0.25, -0.2) is 4.98 Å². The molecule has 1 N–H and O–H groups in total. The Labute approximate surface area is 154 Å². The molecule has 25 heavy (non-hydrogen) atoms. The van der Waals surface area contributed by atoms with Gasteiger partial charge in [0.2, 0.25) is 5.91 Å². The van der Waals surface area contributed by atoms with E-state index in [-0.39, 0.29) is 17.2 Å². The van der Waals surface area contributed by atoms with Crippen molar-refractivity contribution in [1.29, 1.82) is 0 Å². The highest BCUT2D eigenvalue weighted by Crippen LogP contribution is 2.19. The third-order valence-corrected chi connectivity index (χ3v) is 4.83. The Morgan fingerprint density at radius 3 is 2.64 bits per heavy atom. The average molecular weight is 374 g/mol. The van der Waals surface area contributed by atoms with Gasteiger partial charge in [0.25, 0.3) is 5.56 Å². The van der Waals surface area contributed by atoms with E-state index in [1.807, 2.05) is 19.1 Å². The molecule has 3 aromatic rings. The number of fused-ring (bicyclic) bond motifs is 1. The highest BCUT2D eigenvalue weighted by Gasteiger charge is 2.12. The zero-order valence-electron chi connectivity index (χ0n) is 13.5. The summed E-state index contributed by atoms with van der Waals surface area (Å²) in [4.78, 5) is 29.2. The molecule has 0 bridgehead atoms. The first-order valence-corrected chi connectivity index (χ1v) is 9.12. The predicted octanol–water partition coefficient (Wildman–Crippen LogP) is 3.80. The summed E-state index contributed by atoms with van der Waals surface area (Å²) < 4.78 is 1.59. The summed E-state index contributed by atoms with van der Waals surface area (Å²) >= 11 is 7.07. The molecule has 128 valence electrons. The molecule has 1 amide bonds. The van der Waals surface area contributed by atoms with Crippen LogP contribution in [-0.2, 0) is 11.3 Å². The van der Waals surface area contributed by atoms with E-state index in [1.165, 1.54) is 11.8 Å². The Balaban J connectivity index is 1.77. The molecule has 0 aliphatic carbocycles. The summed E-state index contributed by atoms with van der Waals surface area (Å²) in [6.07, 6.45) is 0. The van der Waals surface area contributed by atoms with E-state index in [2.05, 4.69) is 10.3 Å². The molecule has 0 saturated carbocycles. The van der Waals surface area contributed by atoms with Crippen molar-refractivity contribution < 1.29 is 4.79 Å². The van der Waals surface area contributed by atoms with Crippen molar-refractivity contribution in [2.24, 2.45) is 0 Å². The minimum atomic E-state index is -0.169. The van der Waals surface area contributed by atoms with Gasteiger partial charge in [0.05, 0.1) is 16.7 Å². The highest BCUT2D eigenvalue weighted by atomic mass is 35.5. The normalized spacial score (nSPS) is 10.8. The van der Waals surface area contributed by atoms with Gasteiger partial charge in [-0.2, -0.15) is 0 Å². The third-order valence-electron chi connectivity index (χ3n) is 3.60. The molecule has 1 heterocycles. The maximum Gasteiger partial charge on any atom is 0.262 e. The van der Waals surface area contributed by atoms with Crippen molar-refractivity contribution in [2.45, 2.75) is 18.6 Å². The third kappa shape index (κ3) is 4.03. The summed E-state index contributed by atoms with van der Waals surface area (Å²) in [6, 6.07) is 14.1. The van der Waals surface area contributed by atoms with Gasteiger partial charge in [0, 0.05) is 17.3 Å². The molecule has 1 aromatic heterocycles. The van der Waals surface area contributed by atoms with Gasteiger partial charge in [-0.05, 0) is 43.3 Å². The predicted molar refractivity (Wildman–Crippen MR) is 102 cm³/mol. The standard InChI is InChI=1S/C18H16ClN3O2S/c1-2-22-17(24)14-5-3-4-6-15(14)21-18(22)25-11-16(23)20-13-9-7-12(19)8-10-13/h3-10H,2,11H2,1H3,(H,20,23). The van der Waals surface area contributed by atoms with Crippen LogP contribution < -0.4 is 10.9 Å². The average Bonchev–Trinajstić information content (AvgIpc) is 2.62. The monoisotopic (exact) mass is 373 g/mol. The molecular weight excluding hydrogens is 358 g/mol. The van der Waals surface area contributed by atoms with Gasteiger partial charge in [-0.15, -0.1) is 0 Å². The number of anilines is 1. The molecule has 0 aliphatic heterocycles. The first-order chi connectivity index (χ1) is 12.1. The van der Waals surface area contributed by atoms with E-state index in [4.69, 9.17) is 11.6 Å². The van der Waals surface area contributed by atoms with Crippen LogP contribution >= 0.6 is 23.4 Å². The number of thioether (sulfide) groups is 1. The number of hydrogen-bond acceptors (Lipinski definition) is 4. The molecule has 2 aromatic carbocycles. The number of benzene rings is 2. The number of nitrogens with zero attached hydrogens (tertiary/aromatic N) is 2. The molecule has 0 fully saturated rings. The second-order valence-corrected chi connectivity index (χ2v) is 6.68. The van der Waals surface area contributed by atoms with Crippen LogP contribution in [0.25, 0.3) is 10.9 Å². The zero-order valence-corrected chi connectivity index (χ0v) is 15.1. The van der Waals surface area contributed by atoms with Crippen molar-refractivity contribution in [3.8, 4) is 0 Å². The Morgan fingerprint density at radius 1 is 1.20 bits per heavy atom. The van der Waals surface area contributed by atoms with Crippen LogP contribution in [0.15, 0.2) is 58.5 Å². The maximum absolute atomic E-state index is 12.5. The molecule has 0 unspecified atom stereocenters. The lowest BCUT2D eigenvalue weighted by Gasteiger charge is -2.11.